The molecule has 3 aromatic heterocycles. The van der Waals surface area contributed by atoms with E-state index in [0.717, 1.165) is 16.6 Å². The zero-order valence-electron chi connectivity index (χ0n) is 9.63. The van der Waals surface area contributed by atoms with Crippen LogP contribution in [0.15, 0.2) is 15.1 Å². The highest BCUT2D eigenvalue weighted by Crippen LogP contribution is 2.30. The van der Waals surface area contributed by atoms with Gasteiger partial charge in [-0.05, 0) is 25.5 Å². The van der Waals surface area contributed by atoms with E-state index in [2.05, 4.69) is 25.7 Å². The third-order valence-corrected chi connectivity index (χ3v) is 3.04. The Morgan fingerprint density at radius 2 is 1.61 bits per heavy atom. The van der Waals surface area contributed by atoms with Crippen LogP contribution in [0.1, 0.15) is 11.3 Å². The van der Waals surface area contributed by atoms with Gasteiger partial charge in [0.05, 0.1) is 5.69 Å². The summed E-state index contributed by atoms with van der Waals surface area (Å²) in [7, 11) is 0. The third kappa shape index (κ3) is 1.01. The first-order valence-corrected chi connectivity index (χ1v) is 5.40. The van der Waals surface area contributed by atoms with E-state index in [-0.39, 0.29) is 0 Å². The fraction of sp³-hybridized carbons (Fsp3) is 0.182. The molecule has 0 aliphatic heterocycles. The molecule has 4 rings (SSSR count). The van der Waals surface area contributed by atoms with E-state index in [1.807, 2.05) is 19.9 Å². The van der Waals surface area contributed by atoms with Gasteiger partial charge >= 0.3 is 0 Å². The lowest BCUT2D eigenvalue weighted by atomic mass is 10.1. The molecule has 0 unspecified atom stereocenters. The third-order valence-electron chi connectivity index (χ3n) is 3.04. The van der Waals surface area contributed by atoms with E-state index < -0.39 is 0 Å². The van der Waals surface area contributed by atoms with Gasteiger partial charge in [0, 0.05) is 15.9 Å². The molecule has 0 fully saturated rings. The molecule has 0 N–H and O–H groups in total. The first kappa shape index (κ1) is 9.46. The highest BCUT2D eigenvalue weighted by Gasteiger charge is 2.17. The number of hydrogen-bond acceptors (Lipinski definition) is 7. The Kier molecular flexibility index (Phi) is 1.58. The van der Waals surface area contributed by atoms with Crippen LogP contribution in [-0.2, 0) is 0 Å². The van der Waals surface area contributed by atoms with Crippen molar-refractivity contribution < 1.29 is 9.05 Å². The average Bonchev–Trinajstić information content (AvgIpc) is 2.98. The quantitative estimate of drug-likeness (QED) is 0.464. The SMILES string of the molecule is Cc1nc2c(cc(C)c3onnc32)c2nnoc12. The topological polar surface area (TPSA) is 90.7 Å². The first-order valence-electron chi connectivity index (χ1n) is 5.40. The first-order chi connectivity index (χ1) is 8.75. The predicted octanol–water partition coefficient (Wildman–Crippen LogP) is 1.92. The van der Waals surface area contributed by atoms with Gasteiger partial charge in [-0.1, -0.05) is 0 Å². The summed E-state index contributed by atoms with van der Waals surface area (Å²) in [6.07, 6.45) is 0. The standard InChI is InChI=1S/C11H7N5O2/c1-4-3-6-7(9-10(4)17-16-14-9)12-5(2)11-8(6)13-15-18-11/h3H,1-2H3. The van der Waals surface area contributed by atoms with E-state index >= 15 is 0 Å². The molecule has 7 heteroatoms. The van der Waals surface area contributed by atoms with Crippen LogP contribution >= 0.6 is 0 Å². The number of aromatic nitrogens is 5. The van der Waals surface area contributed by atoms with Crippen molar-refractivity contribution in [3.05, 3.63) is 17.3 Å². The highest BCUT2D eigenvalue weighted by molar-refractivity contribution is 6.11. The summed E-state index contributed by atoms with van der Waals surface area (Å²) in [4.78, 5) is 4.48. The molecule has 0 saturated heterocycles. The number of hydrogen-bond donors (Lipinski definition) is 0. The summed E-state index contributed by atoms with van der Waals surface area (Å²) in [6.45, 7) is 3.77. The molecule has 0 aliphatic carbocycles. The Hall–Kier alpha value is -2.57. The van der Waals surface area contributed by atoms with Gasteiger partial charge in [0.1, 0.15) is 11.0 Å². The molecule has 0 atom stereocenters. The van der Waals surface area contributed by atoms with E-state index in [0.29, 0.717) is 27.7 Å². The van der Waals surface area contributed by atoms with Crippen molar-refractivity contribution in [2.45, 2.75) is 13.8 Å². The fourth-order valence-electron chi connectivity index (χ4n) is 2.20. The number of aryl methyl sites for hydroxylation is 2. The molecule has 4 aromatic rings. The molecular weight excluding hydrogens is 234 g/mol. The molecule has 88 valence electrons. The summed E-state index contributed by atoms with van der Waals surface area (Å²) in [5.74, 6) is 0. The molecule has 0 spiro atoms. The van der Waals surface area contributed by atoms with Gasteiger partial charge in [-0.2, -0.15) is 0 Å². The average molecular weight is 241 g/mol. The molecule has 0 amide bonds. The van der Waals surface area contributed by atoms with Crippen LogP contribution in [0.4, 0.5) is 0 Å². The summed E-state index contributed by atoms with van der Waals surface area (Å²) in [5, 5.41) is 16.0. The minimum atomic E-state index is 0.595. The predicted molar refractivity (Wildman–Crippen MR) is 61.9 cm³/mol. The van der Waals surface area contributed by atoms with Gasteiger partial charge in [-0.3, -0.25) is 0 Å². The van der Waals surface area contributed by atoms with Gasteiger partial charge in [0.25, 0.3) is 0 Å². The smallest absolute Gasteiger partial charge is 0.209 e. The fourth-order valence-corrected chi connectivity index (χ4v) is 2.20. The second-order valence-corrected chi connectivity index (χ2v) is 4.19. The summed E-state index contributed by atoms with van der Waals surface area (Å²) >= 11 is 0. The molecule has 1 aromatic carbocycles. The van der Waals surface area contributed by atoms with Crippen LogP contribution in [0.3, 0.4) is 0 Å². The minimum Gasteiger partial charge on any atom is -0.337 e. The van der Waals surface area contributed by atoms with Crippen molar-refractivity contribution in [3.8, 4) is 0 Å². The van der Waals surface area contributed by atoms with Crippen molar-refractivity contribution >= 4 is 33.1 Å². The van der Waals surface area contributed by atoms with Crippen molar-refractivity contribution in [1.82, 2.24) is 25.7 Å². The van der Waals surface area contributed by atoms with Crippen molar-refractivity contribution in [3.63, 3.8) is 0 Å². The van der Waals surface area contributed by atoms with Crippen LogP contribution in [0.5, 0.6) is 0 Å². The molecule has 0 saturated carbocycles. The maximum absolute atomic E-state index is 5.13. The maximum atomic E-state index is 5.13. The Bertz CT molecular complexity index is 832. The monoisotopic (exact) mass is 241 g/mol. The van der Waals surface area contributed by atoms with Crippen molar-refractivity contribution in [1.29, 1.82) is 0 Å². The minimum absolute atomic E-state index is 0.595. The van der Waals surface area contributed by atoms with Gasteiger partial charge in [-0.25, -0.2) is 4.98 Å². The summed E-state index contributed by atoms with van der Waals surface area (Å²) in [5.41, 5.74) is 4.91. The highest BCUT2D eigenvalue weighted by atomic mass is 16.5. The zero-order valence-corrected chi connectivity index (χ0v) is 9.63. The Labute approximate surface area is 99.7 Å². The number of pyridine rings is 1. The zero-order chi connectivity index (χ0) is 12.3. The van der Waals surface area contributed by atoms with E-state index in [1.54, 1.807) is 0 Å². The van der Waals surface area contributed by atoms with Crippen LogP contribution < -0.4 is 0 Å². The van der Waals surface area contributed by atoms with Crippen molar-refractivity contribution in [2.24, 2.45) is 0 Å². The number of rotatable bonds is 0. The molecule has 0 bridgehead atoms. The lowest BCUT2D eigenvalue weighted by Crippen LogP contribution is -1.89. The second kappa shape index (κ2) is 3.00. The van der Waals surface area contributed by atoms with Crippen LogP contribution in [0.25, 0.3) is 33.1 Å². The molecule has 3 heterocycles. The van der Waals surface area contributed by atoms with Gasteiger partial charge < -0.3 is 9.05 Å². The van der Waals surface area contributed by atoms with Gasteiger partial charge in [0.15, 0.2) is 11.1 Å². The Morgan fingerprint density at radius 3 is 2.44 bits per heavy atom. The summed E-state index contributed by atoms with van der Waals surface area (Å²) < 4.78 is 10.2. The van der Waals surface area contributed by atoms with E-state index in [9.17, 15) is 0 Å². The lowest BCUT2D eigenvalue weighted by molar-refractivity contribution is 0.422. The van der Waals surface area contributed by atoms with Gasteiger partial charge in [0.2, 0.25) is 5.58 Å². The molecule has 7 nitrogen and oxygen atoms in total. The maximum Gasteiger partial charge on any atom is 0.209 e. The second-order valence-electron chi connectivity index (χ2n) is 4.19. The molecule has 0 radical (unpaired) electrons. The van der Waals surface area contributed by atoms with Crippen LogP contribution in [-0.4, -0.2) is 25.7 Å². The summed E-state index contributed by atoms with van der Waals surface area (Å²) in [6, 6.07) is 1.93. The van der Waals surface area contributed by atoms with Crippen LogP contribution in [0.2, 0.25) is 0 Å². The molecule has 0 aliphatic rings. The Morgan fingerprint density at radius 1 is 0.889 bits per heavy atom. The van der Waals surface area contributed by atoms with E-state index in [1.165, 1.54) is 0 Å². The van der Waals surface area contributed by atoms with Gasteiger partial charge in [-0.15, -0.1) is 10.2 Å². The van der Waals surface area contributed by atoms with Crippen molar-refractivity contribution in [2.75, 3.05) is 0 Å². The molecule has 18 heavy (non-hydrogen) atoms. The Balaban J connectivity index is 2.40. The largest absolute Gasteiger partial charge is 0.337 e. The lowest BCUT2D eigenvalue weighted by Gasteiger charge is -2.01. The molecular formula is C11H7N5O2. The normalized spacial score (nSPS) is 11.9. The van der Waals surface area contributed by atoms with Crippen LogP contribution in [0, 0.1) is 13.8 Å². The number of benzene rings is 1. The number of nitrogens with zero attached hydrogens (tertiary/aromatic N) is 5. The van der Waals surface area contributed by atoms with E-state index in [4.69, 9.17) is 9.05 Å². The number of fused-ring (bicyclic) bond motifs is 5.